The molecule has 2 N–H and O–H groups in total. The average molecular weight is 348 g/mol. The van der Waals surface area contributed by atoms with Gasteiger partial charge in [0.1, 0.15) is 11.5 Å². The third-order valence-electron chi connectivity index (χ3n) is 4.35. The summed E-state index contributed by atoms with van der Waals surface area (Å²) in [6, 6.07) is 6.28. The van der Waals surface area contributed by atoms with Gasteiger partial charge >= 0.3 is 0 Å². The Morgan fingerprint density at radius 1 is 0.923 bits per heavy atom. The minimum atomic E-state index is -0.465. The maximum absolute atomic E-state index is 12.9. The number of allylic oxidation sites excluding steroid dienone is 2. The van der Waals surface area contributed by atoms with E-state index in [4.69, 9.17) is 0 Å². The second-order valence-corrected chi connectivity index (χ2v) is 6.94. The van der Waals surface area contributed by atoms with E-state index in [1.165, 1.54) is 12.1 Å². The number of benzene rings is 2. The quantitative estimate of drug-likeness (QED) is 0.687. The number of phenolic OH excluding ortho intramolecular Hbond substituents is 2. The Kier molecular flexibility index (Phi) is 4.28. The van der Waals surface area contributed by atoms with Gasteiger partial charge in [-0.2, -0.15) is 0 Å². The van der Waals surface area contributed by atoms with Crippen molar-refractivity contribution in [3.8, 4) is 11.5 Å². The van der Waals surface area contributed by atoms with Crippen LogP contribution in [0.4, 0.5) is 0 Å². The first-order valence-corrected chi connectivity index (χ1v) is 8.31. The highest BCUT2D eigenvalue weighted by Crippen LogP contribution is 2.40. The van der Waals surface area contributed by atoms with Gasteiger partial charge in [0.05, 0.1) is 11.1 Å². The Labute approximate surface area is 152 Å². The van der Waals surface area contributed by atoms with Crippen molar-refractivity contribution in [2.24, 2.45) is 0 Å². The number of aromatic hydroxyl groups is 2. The van der Waals surface area contributed by atoms with Crippen molar-refractivity contribution < 1.29 is 19.8 Å². The summed E-state index contributed by atoms with van der Waals surface area (Å²) in [4.78, 5) is 25.9. The van der Waals surface area contributed by atoms with E-state index in [9.17, 15) is 19.8 Å². The lowest BCUT2D eigenvalue weighted by Gasteiger charge is -2.21. The third-order valence-corrected chi connectivity index (χ3v) is 4.35. The lowest BCUT2D eigenvalue weighted by molar-refractivity contribution is 0.0974. The number of carbonyl (C=O) groups excluding carboxylic acids is 2. The fraction of sp³-hybridized carbons (Fsp3) is 0.182. The smallest absolute Gasteiger partial charge is 0.198 e. The van der Waals surface area contributed by atoms with Crippen LogP contribution in [0.2, 0.25) is 0 Å². The summed E-state index contributed by atoms with van der Waals surface area (Å²) in [6.07, 6.45) is 2.16. The molecule has 4 heteroatoms. The normalized spacial score (nSPS) is 12.4. The highest BCUT2D eigenvalue weighted by molar-refractivity contribution is 6.30. The molecule has 26 heavy (non-hydrogen) atoms. The molecular formula is C22H20O4. The van der Waals surface area contributed by atoms with Crippen molar-refractivity contribution in [2.45, 2.75) is 27.2 Å². The number of carbonyl (C=O) groups is 2. The molecule has 2 aromatic rings. The largest absolute Gasteiger partial charge is 0.507 e. The zero-order valence-corrected chi connectivity index (χ0v) is 15.0. The van der Waals surface area contributed by atoms with Crippen LogP contribution in [0.5, 0.6) is 11.5 Å². The molecule has 0 fully saturated rings. The van der Waals surface area contributed by atoms with Crippen LogP contribution in [-0.2, 0) is 6.42 Å². The zero-order chi connectivity index (χ0) is 19.2. The maximum atomic E-state index is 12.9. The second-order valence-electron chi connectivity index (χ2n) is 6.94. The highest BCUT2D eigenvalue weighted by atomic mass is 16.3. The predicted molar refractivity (Wildman–Crippen MR) is 101 cm³/mol. The topological polar surface area (TPSA) is 74.6 Å². The molecule has 3 rings (SSSR count). The minimum absolute atomic E-state index is 0.00406. The monoisotopic (exact) mass is 348 g/mol. The number of hydrogen-bond acceptors (Lipinski definition) is 4. The number of hydrogen-bond donors (Lipinski definition) is 2. The molecule has 0 bridgehead atoms. The van der Waals surface area contributed by atoms with Gasteiger partial charge in [-0.3, -0.25) is 9.59 Å². The molecular weight excluding hydrogens is 328 g/mol. The Morgan fingerprint density at radius 3 is 2.00 bits per heavy atom. The number of phenols is 2. The lowest BCUT2D eigenvalue weighted by atomic mass is 9.81. The molecule has 4 nitrogen and oxygen atoms in total. The van der Waals surface area contributed by atoms with Gasteiger partial charge in [-0.15, -0.1) is 0 Å². The molecule has 0 amide bonds. The van der Waals surface area contributed by atoms with Crippen molar-refractivity contribution in [1.82, 2.24) is 0 Å². The molecule has 0 spiro atoms. The zero-order valence-electron chi connectivity index (χ0n) is 15.0. The van der Waals surface area contributed by atoms with E-state index in [1.54, 1.807) is 18.2 Å². The van der Waals surface area contributed by atoms with Crippen LogP contribution in [0, 0.1) is 0 Å². The van der Waals surface area contributed by atoms with E-state index >= 15 is 0 Å². The van der Waals surface area contributed by atoms with E-state index in [0.717, 1.165) is 11.1 Å². The van der Waals surface area contributed by atoms with Gasteiger partial charge < -0.3 is 10.2 Å². The Bertz CT molecular complexity index is 1010. The average Bonchev–Trinajstić information content (AvgIpc) is 2.55. The highest BCUT2D eigenvalue weighted by Gasteiger charge is 2.35. The fourth-order valence-electron chi connectivity index (χ4n) is 3.24. The first-order valence-electron chi connectivity index (χ1n) is 8.31. The van der Waals surface area contributed by atoms with Crippen LogP contribution in [0.3, 0.4) is 0 Å². The molecule has 0 saturated carbocycles. The van der Waals surface area contributed by atoms with Crippen molar-refractivity contribution in [3.05, 3.63) is 75.4 Å². The van der Waals surface area contributed by atoms with Gasteiger partial charge in [-0.25, -0.2) is 0 Å². The predicted octanol–water partition coefficient (Wildman–Crippen LogP) is 4.42. The minimum Gasteiger partial charge on any atom is -0.507 e. The summed E-state index contributed by atoms with van der Waals surface area (Å²) < 4.78 is 0. The van der Waals surface area contributed by atoms with E-state index in [-0.39, 0.29) is 33.8 Å². The molecule has 0 saturated heterocycles. The third kappa shape index (κ3) is 2.73. The number of ketones is 2. The summed E-state index contributed by atoms with van der Waals surface area (Å²) >= 11 is 0. The molecule has 0 unspecified atom stereocenters. The number of fused-ring (bicyclic) bond motifs is 2. The summed E-state index contributed by atoms with van der Waals surface area (Å²) in [6.45, 7) is 9.39. The van der Waals surface area contributed by atoms with Crippen LogP contribution in [-0.4, -0.2) is 21.8 Å². The molecule has 0 aromatic heterocycles. The molecule has 0 aliphatic heterocycles. The molecule has 1 aliphatic rings. The Hall–Kier alpha value is -3.14. The van der Waals surface area contributed by atoms with E-state index in [1.807, 2.05) is 20.8 Å². The second kappa shape index (κ2) is 6.30. The molecule has 132 valence electrons. The van der Waals surface area contributed by atoms with Crippen LogP contribution in [0.15, 0.2) is 42.0 Å². The maximum Gasteiger partial charge on any atom is 0.198 e. The Morgan fingerprint density at radius 2 is 1.46 bits per heavy atom. The van der Waals surface area contributed by atoms with Crippen molar-refractivity contribution in [3.63, 3.8) is 0 Å². The van der Waals surface area contributed by atoms with E-state index < -0.39 is 11.6 Å². The summed E-state index contributed by atoms with van der Waals surface area (Å²) in [5, 5.41) is 21.1. The van der Waals surface area contributed by atoms with Crippen LogP contribution in [0.25, 0.3) is 6.08 Å². The molecule has 0 heterocycles. The van der Waals surface area contributed by atoms with Crippen LogP contribution in [0.1, 0.15) is 63.7 Å². The molecule has 1 aliphatic carbocycles. The van der Waals surface area contributed by atoms with E-state index in [2.05, 4.69) is 6.58 Å². The van der Waals surface area contributed by atoms with Crippen molar-refractivity contribution >= 4 is 17.6 Å². The van der Waals surface area contributed by atoms with Gasteiger partial charge in [-0.1, -0.05) is 35.9 Å². The van der Waals surface area contributed by atoms with Gasteiger partial charge in [0.15, 0.2) is 11.6 Å². The summed E-state index contributed by atoms with van der Waals surface area (Å²) in [5.74, 6) is -1.33. The van der Waals surface area contributed by atoms with Crippen molar-refractivity contribution in [1.29, 1.82) is 0 Å². The van der Waals surface area contributed by atoms with Gasteiger partial charge in [0.25, 0.3) is 0 Å². The van der Waals surface area contributed by atoms with Crippen LogP contribution < -0.4 is 0 Å². The Balaban J connectivity index is 2.23. The van der Waals surface area contributed by atoms with Gasteiger partial charge in [0, 0.05) is 16.7 Å². The lowest BCUT2D eigenvalue weighted by Crippen LogP contribution is -2.22. The fourth-order valence-corrected chi connectivity index (χ4v) is 3.24. The first kappa shape index (κ1) is 17.7. The van der Waals surface area contributed by atoms with Crippen molar-refractivity contribution in [2.75, 3.05) is 0 Å². The van der Waals surface area contributed by atoms with E-state index in [0.29, 0.717) is 17.5 Å². The summed E-state index contributed by atoms with van der Waals surface area (Å²) in [5.41, 5.74) is 3.02. The van der Waals surface area contributed by atoms with Crippen LogP contribution >= 0.6 is 0 Å². The van der Waals surface area contributed by atoms with Gasteiger partial charge in [-0.05, 0) is 44.9 Å². The first-order chi connectivity index (χ1) is 12.2. The molecule has 2 aromatic carbocycles. The summed E-state index contributed by atoms with van der Waals surface area (Å²) in [7, 11) is 0. The SMILES string of the molecule is C=C(C)Cc1ccc2c(c1O)C(=O)c1ccc(C=C(C)C)c(O)c1C2=O. The standard InChI is InChI=1S/C22H20O4/c1-11(2)9-13-5-7-15-17(19(13)23)21(25)16-8-6-14(10-12(3)4)20(24)18(16)22(15)26/h5-8,10,23-24H,1,9H2,2-4H3. The van der Waals surface area contributed by atoms with Gasteiger partial charge in [0.2, 0.25) is 0 Å². The molecule has 0 atom stereocenters. The molecule has 0 radical (unpaired) electrons. The number of rotatable bonds is 3.